The quantitative estimate of drug-likeness (QED) is 0.492. The van der Waals surface area contributed by atoms with Crippen molar-refractivity contribution in [2.45, 2.75) is 64.1 Å². The molecule has 0 radical (unpaired) electrons. The highest BCUT2D eigenvalue weighted by Crippen LogP contribution is 2.58. The second kappa shape index (κ2) is 5.53. The molecule has 1 saturated heterocycles. The maximum absolute atomic E-state index is 6.20. The summed E-state index contributed by atoms with van der Waals surface area (Å²) in [7, 11) is 0. The summed E-state index contributed by atoms with van der Waals surface area (Å²) >= 11 is 0. The van der Waals surface area contributed by atoms with Crippen LogP contribution in [0.15, 0.2) is 12.7 Å². The molecule has 0 aromatic carbocycles. The van der Waals surface area contributed by atoms with Gasteiger partial charge < -0.3 is 9.47 Å². The lowest BCUT2D eigenvalue weighted by atomic mass is 9.77. The fourth-order valence-corrected chi connectivity index (χ4v) is 3.56. The van der Waals surface area contributed by atoms with Gasteiger partial charge in [-0.25, -0.2) is 0 Å². The summed E-state index contributed by atoms with van der Waals surface area (Å²) in [5.74, 6) is -0.269. The first-order valence-electron chi connectivity index (χ1n) is 7.17. The Morgan fingerprint density at radius 2 is 2.18 bits per heavy atom. The van der Waals surface area contributed by atoms with E-state index in [4.69, 9.17) is 9.47 Å². The molecule has 2 rings (SSSR count). The molecule has 1 aliphatic carbocycles. The fraction of sp³-hybridized carbons (Fsp3) is 0.867. The van der Waals surface area contributed by atoms with Crippen LogP contribution in [0.25, 0.3) is 0 Å². The van der Waals surface area contributed by atoms with E-state index in [1.807, 2.05) is 6.08 Å². The smallest absolute Gasteiger partial charge is 0.174 e. The van der Waals surface area contributed by atoms with E-state index < -0.39 is 0 Å². The van der Waals surface area contributed by atoms with Crippen molar-refractivity contribution in [1.29, 1.82) is 0 Å². The molecule has 0 aromatic rings. The zero-order chi connectivity index (χ0) is 12.2. The van der Waals surface area contributed by atoms with Gasteiger partial charge in [0.15, 0.2) is 5.79 Å². The van der Waals surface area contributed by atoms with Gasteiger partial charge >= 0.3 is 0 Å². The molecule has 2 unspecified atom stereocenters. The Balaban J connectivity index is 1.97. The van der Waals surface area contributed by atoms with Crippen LogP contribution in [0.1, 0.15) is 58.3 Å². The number of rotatable bonds is 7. The molecule has 17 heavy (non-hydrogen) atoms. The van der Waals surface area contributed by atoms with E-state index in [-0.39, 0.29) is 11.2 Å². The predicted octanol–water partition coefficient (Wildman–Crippen LogP) is 4.06. The predicted molar refractivity (Wildman–Crippen MR) is 69.9 cm³/mol. The monoisotopic (exact) mass is 238 g/mol. The van der Waals surface area contributed by atoms with Gasteiger partial charge in [-0.1, -0.05) is 25.8 Å². The van der Waals surface area contributed by atoms with Crippen LogP contribution in [-0.2, 0) is 9.47 Å². The van der Waals surface area contributed by atoms with Crippen molar-refractivity contribution in [3.8, 4) is 0 Å². The van der Waals surface area contributed by atoms with E-state index in [0.717, 1.165) is 38.9 Å². The van der Waals surface area contributed by atoms with Crippen molar-refractivity contribution < 1.29 is 9.47 Å². The lowest BCUT2D eigenvalue weighted by Crippen LogP contribution is -2.43. The lowest BCUT2D eigenvalue weighted by molar-refractivity contribution is -0.246. The minimum atomic E-state index is -0.269. The van der Waals surface area contributed by atoms with E-state index in [1.54, 1.807) is 0 Å². The fourth-order valence-electron chi connectivity index (χ4n) is 3.56. The van der Waals surface area contributed by atoms with Crippen LogP contribution in [0, 0.1) is 5.41 Å². The Kier molecular flexibility index (Phi) is 4.26. The number of allylic oxidation sites excluding steroid dienone is 1. The maximum atomic E-state index is 6.20. The van der Waals surface area contributed by atoms with Crippen LogP contribution in [0.3, 0.4) is 0 Å². The van der Waals surface area contributed by atoms with Crippen LogP contribution in [-0.4, -0.2) is 19.0 Å². The first kappa shape index (κ1) is 13.1. The van der Waals surface area contributed by atoms with Gasteiger partial charge in [0.25, 0.3) is 0 Å². The molecular weight excluding hydrogens is 212 g/mol. The van der Waals surface area contributed by atoms with E-state index in [1.165, 1.54) is 25.7 Å². The number of hydrogen-bond donors (Lipinski definition) is 0. The van der Waals surface area contributed by atoms with Crippen molar-refractivity contribution in [3.63, 3.8) is 0 Å². The van der Waals surface area contributed by atoms with E-state index in [9.17, 15) is 0 Å². The highest BCUT2D eigenvalue weighted by Gasteiger charge is 2.59. The summed E-state index contributed by atoms with van der Waals surface area (Å²) in [4.78, 5) is 0. The summed E-state index contributed by atoms with van der Waals surface area (Å²) in [6.07, 6.45) is 11.4. The third-order valence-corrected chi connectivity index (χ3v) is 4.50. The Hall–Kier alpha value is -0.340. The molecule has 0 bridgehead atoms. The second-order valence-corrected chi connectivity index (χ2v) is 5.53. The Bertz CT molecular complexity index is 250. The molecular formula is C15H26O2. The van der Waals surface area contributed by atoms with Gasteiger partial charge in [-0.05, 0) is 32.1 Å². The molecule has 2 atom stereocenters. The summed E-state index contributed by atoms with van der Waals surface area (Å²) in [6.45, 7) is 7.85. The number of ether oxygens (including phenoxy) is 2. The van der Waals surface area contributed by atoms with E-state index in [2.05, 4.69) is 13.5 Å². The summed E-state index contributed by atoms with van der Waals surface area (Å²) in [5.41, 5.74) is 0.237. The van der Waals surface area contributed by atoms with Crippen LogP contribution in [0.4, 0.5) is 0 Å². The van der Waals surface area contributed by atoms with Crippen molar-refractivity contribution in [2.24, 2.45) is 5.41 Å². The average Bonchev–Trinajstić information content (AvgIpc) is 2.80. The summed E-state index contributed by atoms with van der Waals surface area (Å²) in [6, 6.07) is 0. The van der Waals surface area contributed by atoms with Gasteiger partial charge in [-0.15, -0.1) is 6.58 Å². The SMILES string of the molecule is C=CCC12CCCC1(OCCCCC)OCC2. The van der Waals surface area contributed by atoms with Crippen LogP contribution >= 0.6 is 0 Å². The largest absolute Gasteiger partial charge is 0.349 e. The topological polar surface area (TPSA) is 18.5 Å². The zero-order valence-electron chi connectivity index (χ0n) is 11.2. The zero-order valence-corrected chi connectivity index (χ0v) is 11.2. The molecule has 0 amide bonds. The second-order valence-electron chi connectivity index (χ2n) is 5.53. The lowest BCUT2D eigenvalue weighted by Gasteiger charge is -2.38. The first-order chi connectivity index (χ1) is 8.29. The first-order valence-corrected chi connectivity index (χ1v) is 7.17. The molecule has 2 aliphatic rings. The molecule has 2 fully saturated rings. The highest BCUT2D eigenvalue weighted by atomic mass is 16.7. The van der Waals surface area contributed by atoms with Crippen molar-refractivity contribution in [3.05, 3.63) is 12.7 Å². The average molecular weight is 238 g/mol. The highest BCUT2D eigenvalue weighted by molar-refractivity contribution is 5.05. The number of fused-ring (bicyclic) bond motifs is 1. The molecule has 2 heteroatoms. The van der Waals surface area contributed by atoms with Gasteiger partial charge in [0.2, 0.25) is 0 Å². The molecule has 0 N–H and O–H groups in total. The third kappa shape index (κ3) is 2.30. The normalized spacial score (nSPS) is 36.1. The number of hydrogen-bond acceptors (Lipinski definition) is 2. The minimum Gasteiger partial charge on any atom is -0.349 e. The van der Waals surface area contributed by atoms with Crippen LogP contribution < -0.4 is 0 Å². The molecule has 1 heterocycles. The van der Waals surface area contributed by atoms with Gasteiger partial charge in [0.05, 0.1) is 13.2 Å². The Labute approximate surface area is 105 Å². The molecule has 1 aliphatic heterocycles. The van der Waals surface area contributed by atoms with Gasteiger partial charge in [-0.2, -0.15) is 0 Å². The molecule has 0 spiro atoms. The summed E-state index contributed by atoms with van der Waals surface area (Å²) < 4.78 is 12.2. The van der Waals surface area contributed by atoms with E-state index in [0.29, 0.717) is 0 Å². The van der Waals surface area contributed by atoms with Crippen LogP contribution in [0.5, 0.6) is 0 Å². The molecule has 2 nitrogen and oxygen atoms in total. The summed E-state index contributed by atoms with van der Waals surface area (Å²) in [5, 5.41) is 0. The standard InChI is InChI=1S/C15H26O2/c1-3-5-6-12-16-15-10-7-9-14(15,8-4-2)11-13-17-15/h4H,2-3,5-13H2,1H3. The minimum absolute atomic E-state index is 0.237. The van der Waals surface area contributed by atoms with Crippen molar-refractivity contribution >= 4 is 0 Å². The van der Waals surface area contributed by atoms with Gasteiger partial charge in [-0.3, -0.25) is 0 Å². The van der Waals surface area contributed by atoms with Crippen molar-refractivity contribution in [1.82, 2.24) is 0 Å². The number of unbranched alkanes of at least 4 members (excludes halogenated alkanes) is 2. The molecule has 0 aromatic heterocycles. The molecule has 1 saturated carbocycles. The van der Waals surface area contributed by atoms with Gasteiger partial charge in [0, 0.05) is 11.8 Å². The Morgan fingerprint density at radius 3 is 2.94 bits per heavy atom. The van der Waals surface area contributed by atoms with Gasteiger partial charge in [0.1, 0.15) is 0 Å². The Morgan fingerprint density at radius 1 is 1.29 bits per heavy atom. The third-order valence-electron chi connectivity index (χ3n) is 4.50. The van der Waals surface area contributed by atoms with E-state index >= 15 is 0 Å². The molecule has 98 valence electrons. The van der Waals surface area contributed by atoms with Crippen molar-refractivity contribution in [2.75, 3.05) is 13.2 Å². The maximum Gasteiger partial charge on any atom is 0.174 e. The van der Waals surface area contributed by atoms with Crippen LogP contribution in [0.2, 0.25) is 0 Å².